The molecule has 2 aromatic heterocycles. The molecule has 0 atom stereocenters. The third-order valence-electron chi connectivity index (χ3n) is 5.13. The molecule has 3 heterocycles. The fourth-order valence-corrected chi connectivity index (χ4v) is 3.51. The van der Waals surface area contributed by atoms with E-state index >= 15 is 0 Å². The molecule has 27 heavy (non-hydrogen) atoms. The second-order valence-electron chi connectivity index (χ2n) is 7.51. The van der Waals surface area contributed by atoms with E-state index in [2.05, 4.69) is 26.2 Å². The number of hydrogen-bond acceptors (Lipinski definition) is 4. The predicted molar refractivity (Wildman–Crippen MR) is 105 cm³/mol. The summed E-state index contributed by atoms with van der Waals surface area (Å²) in [6, 6.07) is 10.1. The molecule has 0 amide bonds. The van der Waals surface area contributed by atoms with Crippen molar-refractivity contribution < 1.29 is 0 Å². The Labute approximate surface area is 158 Å². The van der Waals surface area contributed by atoms with Crippen LogP contribution in [0.3, 0.4) is 0 Å². The van der Waals surface area contributed by atoms with Gasteiger partial charge in [0.2, 0.25) is 0 Å². The van der Waals surface area contributed by atoms with Gasteiger partial charge in [0.1, 0.15) is 5.82 Å². The van der Waals surface area contributed by atoms with Crippen LogP contribution in [0.15, 0.2) is 41.3 Å². The van der Waals surface area contributed by atoms with Crippen molar-refractivity contribution >= 4 is 0 Å². The summed E-state index contributed by atoms with van der Waals surface area (Å²) in [5, 5.41) is 4.65. The number of hydrogen-bond donors (Lipinski definition) is 1. The van der Waals surface area contributed by atoms with Crippen LogP contribution in [0.1, 0.15) is 48.1 Å². The molecule has 140 valence electrons. The number of nitrogens with one attached hydrogen (secondary N) is 1. The molecule has 6 nitrogen and oxygen atoms in total. The number of aromatic nitrogens is 4. The normalized spacial score (nSPS) is 14.5. The first-order valence-electron chi connectivity index (χ1n) is 9.46. The number of fused-ring (bicyclic) bond motifs is 1. The molecule has 3 aromatic rings. The van der Waals surface area contributed by atoms with Crippen LogP contribution in [0.2, 0.25) is 0 Å². The molecule has 0 spiro atoms. The van der Waals surface area contributed by atoms with Crippen molar-refractivity contribution in [2.75, 3.05) is 6.54 Å². The molecule has 6 heteroatoms. The van der Waals surface area contributed by atoms with E-state index in [9.17, 15) is 4.79 Å². The lowest BCUT2D eigenvalue weighted by Gasteiger charge is -2.27. The van der Waals surface area contributed by atoms with Crippen LogP contribution in [0.5, 0.6) is 0 Å². The Kier molecular flexibility index (Phi) is 4.66. The lowest BCUT2D eigenvalue weighted by atomic mass is 10.1. The summed E-state index contributed by atoms with van der Waals surface area (Å²) in [5.41, 5.74) is 5.02. The minimum atomic E-state index is 0.00472. The number of rotatable bonds is 4. The van der Waals surface area contributed by atoms with Gasteiger partial charge >= 0.3 is 0 Å². The monoisotopic (exact) mass is 363 g/mol. The van der Waals surface area contributed by atoms with Crippen molar-refractivity contribution in [3.63, 3.8) is 0 Å². The summed E-state index contributed by atoms with van der Waals surface area (Å²) in [6.07, 6.45) is 2.90. The van der Waals surface area contributed by atoms with E-state index in [-0.39, 0.29) is 11.5 Å². The third-order valence-corrected chi connectivity index (χ3v) is 5.13. The van der Waals surface area contributed by atoms with E-state index in [1.807, 2.05) is 55.8 Å². The van der Waals surface area contributed by atoms with E-state index in [1.54, 1.807) is 0 Å². The highest BCUT2D eigenvalue weighted by Crippen LogP contribution is 2.20. The first kappa shape index (κ1) is 17.7. The van der Waals surface area contributed by atoms with Crippen LogP contribution in [-0.2, 0) is 19.5 Å². The first-order valence-corrected chi connectivity index (χ1v) is 9.46. The maximum atomic E-state index is 12.5. The molecule has 0 bridgehead atoms. The van der Waals surface area contributed by atoms with E-state index in [1.165, 1.54) is 5.56 Å². The van der Waals surface area contributed by atoms with Gasteiger partial charge in [-0.15, -0.1) is 0 Å². The fourth-order valence-electron chi connectivity index (χ4n) is 3.51. The third kappa shape index (κ3) is 3.57. The first-order chi connectivity index (χ1) is 13.0. The molecule has 0 unspecified atom stereocenters. The van der Waals surface area contributed by atoms with Gasteiger partial charge in [-0.05, 0) is 19.1 Å². The van der Waals surface area contributed by atoms with E-state index in [0.717, 1.165) is 48.0 Å². The summed E-state index contributed by atoms with van der Waals surface area (Å²) in [6.45, 7) is 8.45. The van der Waals surface area contributed by atoms with Gasteiger partial charge < -0.3 is 4.98 Å². The van der Waals surface area contributed by atoms with Gasteiger partial charge in [0, 0.05) is 43.7 Å². The van der Waals surface area contributed by atoms with Gasteiger partial charge in [0.05, 0.1) is 22.6 Å². The predicted octanol–water partition coefficient (Wildman–Crippen LogP) is 2.95. The quantitative estimate of drug-likeness (QED) is 0.774. The fraction of sp³-hybridized carbons (Fsp3) is 0.381. The number of nitrogens with zero attached hydrogens (tertiary/aromatic N) is 4. The molecule has 1 N–H and O–H groups in total. The van der Waals surface area contributed by atoms with Crippen LogP contribution in [0.25, 0.3) is 5.69 Å². The zero-order valence-corrected chi connectivity index (χ0v) is 16.1. The molecule has 4 rings (SSSR count). The van der Waals surface area contributed by atoms with Gasteiger partial charge in [-0.3, -0.25) is 9.69 Å². The summed E-state index contributed by atoms with van der Waals surface area (Å²) >= 11 is 0. The van der Waals surface area contributed by atoms with Crippen LogP contribution in [-0.4, -0.2) is 31.2 Å². The van der Waals surface area contributed by atoms with Crippen molar-refractivity contribution in [1.29, 1.82) is 0 Å². The molecular weight excluding hydrogens is 338 g/mol. The topological polar surface area (TPSA) is 66.8 Å². The van der Waals surface area contributed by atoms with Crippen molar-refractivity contribution in [3.05, 3.63) is 75.2 Å². The van der Waals surface area contributed by atoms with E-state index in [0.29, 0.717) is 6.54 Å². The summed E-state index contributed by atoms with van der Waals surface area (Å²) in [7, 11) is 0. The van der Waals surface area contributed by atoms with Gasteiger partial charge in [0.25, 0.3) is 5.56 Å². The highest BCUT2D eigenvalue weighted by molar-refractivity contribution is 5.32. The molecule has 1 aliphatic rings. The smallest absolute Gasteiger partial charge is 0.255 e. The Morgan fingerprint density at radius 2 is 2.00 bits per heavy atom. The average Bonchev–Trinajstić information content (AvgIpc) is 3.03. The zero-order chi connectivity index (χ0) is 19.0. The number of H-pyrrole nitrogens is 1. The van der Waals surface area contributed by atoms with Crippen LogP contribution < -0.4 is 5.56 Å². The van der Waals surface area contributed by atoms with Crippen molar-refractivity contribution in [1.82, 2.24) is 24.6 Å². The highest BCUT2D eigenvalue weighted by Gasteiger charge is 2.22. The Hall–Kier alpha value is -2.73. The maximum Gasteiger partial charge on any atom is 0.255 e. The number of benzene rings is 1. The molecule has 1 aliphatic heterocycles. The van der Waals surface area contributed by atoms with Crippen molar-refractivity contribution in [2.45, 2.75) is 46.2 Å². The van der Waals surface area contributed by atoms with Crippen molar-refractivity contribution in [3.8, 4) is 5.69 Å². The number of aryl methyl sites for hydroxylation is 1. The Bertz CT molecular complexity index is 1000. The van der Waals surface area contributed by atoms with Gasteiger partial charge in [-0.2, -0.15) is 5.10 Å². The minimum Gasteiger partial charge on any atom is -0.310 e. The molecule has 0 saturated heterocycles. The van der Waals surface area contributed by atoms with Gasteiger partial charge in [-0.25, -0.2) is 9.67 Å². The minimum absolute atomic E-state index is 0.00472. The average molecular weight is 363 g/mol. The number of aromatic amines is 1. The molecule has 0 fully saturated rings. The van der Waals surface area contributed by atoms with Crippen LogP contribution in [0.4, 0.5) is 0 Å². The molecular formula is C21H25N5O. The van der Waals surface area contributed by atoms with Gasteiger partial charge in [0.15, 0.2) is 0 Å². The highest BCUT2D eigenvalue weighted by atomic mass is 16.1. The lowest BCUT2D eigenvalue weighted by Crippen LogP contribution is -2.36. The lowest BCUT2D eigenvalue weighted by molar-refractivity contribution is 0.241. The van der Waals surface area contributed by atoms with Gasteiger partial charge in [-0.1, -0.05) is 32.0 Å². The number of para-hydroxylation sites is 1. The maximum absolute atomic E-state index is 12.5. The Balaban J connectivity index is 1.54. The standard InChI is InChI=1S/C21H25N5O/c1-14(2)20-22-19-9-10-25(13-18(19)21(27)23-20)11-16-12-26(24-15(16)3)17-7-5-4-6-8-17/h4-8,12,14H,9-11,13H2,1-3H3,(H,22,23,27). The second kappa shape index (κ2) is 7.12. The molecule has 0 saturated carbocycles. The van der Waals surface area contributed by atoms with Crippen molar-refractivity contribution in [2.24, 2.45) is 0 Å². The van der Waals surface area contributed by atoms with Crippen LogP contribution in [0, 0.1) is 6.92 Å². The SMILES string of the molecule is Cc1nn(-c2ccccc2)cc1CN1CCc2nc(C(C)C)[nH]c(=O)c2C1. The second-order valence-corrected chi connectivity index (χ2v) is 7.51. The molecule has 1 aromatic carbocycles. The van der Waals surface area contributed by atoms with E-state index in [4.69, 9.17) is 0 Å². The molecule has 0 radical (unpaired) electrons. The summed E-state index contributed by atoms with van der Waals surface area (Å²) < 4.78 is 1.92. The molecule has 0 aliphatic carbocycles. The summed E-state index contributed by atoms with van der Waals surface area (Å²) in [4.78, 5) is 22.4. The Morgan fingerprint density at radius 1 is 1.22 bits per heavy atom. The largest absolute Gasteiger partial charge is 0.310 e. The van der Waals surface area contributed by atoms with Crippen LogP contribution >= 0.6 is 0 Å². The van der Waals surface area contributed by atoms with E-state index < -0.39 is 0 Å². The Morgan fingerprint density at radius 3 is 2.74 bits per heavy atom. The zero-order valence-electron chi connectivity index (χ0n) is 16.1. The summed E-state index contributed by atoms with van der Waals surface area (Å²) in [5.74, 6) is 1.01.